The van der Waals surface area contributed by atoms with Gasteiger partial charge in [-0.1, -0.05) is 13.8 Å². The SMILES string of the molecule is CC(C)CN(CC(N)=O)C(=O)C1C2CCC(C2)C1N. The van der Waals surface area contributed by atoms with Gasteiger partial charge in [0.05, 0.1) is 12.5 Å². The maximum atomic E-state index is 12.7. The van der Waals surface area contributed by atoms with Crippen molar-refractivity contribution < 1.29 is 9.59 Å². The van der Waals surface area contributed by atoms with E-state index in [9.17, 15) is 9.59 Å². The Labute approximate surface area is 114 Å². The summed E-state index contributed by atoms with van der Waals surface area (Å²) in [6.45, 7) is 4.64. The van der Waals surface area contributed by atoms with Gasteiger partial charge in [-0.15, -0.1) is 0 Å². The van der Waals surface area contributed by atoms with Gasteiger partial charge in [-0.25, -0.2) is 0 Å². The molecular formula is C14H25N3O2. The zero-order valence-corrected chi connectivity index (χ0v) is 11.8. The molecule has 108 valence electrons. The molecule has 0 aliphatic heterocycles. The molecule has 0 aromatic rings. The van der Waals surface area contributed by atoms with Gasteiger partial charge in [0.1, 0.15) is 0 Å². The minimum absolute atomic E-state index is 0.0115. The van der Waals surface area contributed by atoms with Gasteiger partial charge < -0.3 is 16.4 Å². The first kappa shape index (κ1) is 14.3. The number of primary amides is 1. The third-order valence-electron chi connectivity index (χ3n) is 4.51. The monoisotopic (exact) mass is 267 g/mol. The van der Waals surface area contributed by atoms with E-state index in [1.165, 1.54) is 0 Å². The largest absolute Gasteiger partial charge is 0.368 e. The fourth-order valence-corrected chi connectivity index (χ4v) is 3.77. The van der Waals surface area contributed by atoms with Crippen LogP contribution in [0.3, 0.4) is 0 Å². The Morgan fingerprint density at radius 1 is 1.26 bits per heavy atom. The number of nitrogens with two attached hydrogens (primary N) is 2. The van der Waals surface area contributed by atoms with Crippen LogP contribution in [0, 0.1) is 23.7 Å². The summed E-state index contributed by atoms with van der Waals surface area (Å²) in [7, 11) is 0. The lowest BCUT2D eigenvalue weighted by atomic mass is 9.84. The highest BCUT2D eigenvalue weighted by Gasteiger charge is 2.50. The molecule has 0 heterocycles. The summed E-state index contributed by atoms with van der Waals surface area (Å²) in [5, 5.41) is 0. The second-order valence-electron chi connectivity index (χ2n) is 6.52. The van der Waals surface area contributed by atoms with Crippen LogP contribution < -0.4 is 11.5 Å². The van der Waals surface area contributed by atoms with Crippen LogP contribution >= 0.6 is 0 Å². The number of fused-ring (bicyclic) bond motifs is 2. The van der Waals surface area contributed by atoms with Crippen LogP contribution in [0.1, 0.15) is 33.1 Å². The minimum atomic E-state index is -0.453. The third-order valence-corrected chi connectivity index (χ3v) is 4.51. The molecule has 2 amide bonds. The predicted molar refractivity (Wildman–Crippen MR) is 72.9 cm³/mol. The van der Waals surface area contributed by atoms with Crippen LogP contribution in [-0.4, -0.2) is 35.8 Å². The average Bonchev–Trinajstić information content (AvgIpc) is 2.86. The number of rotatable bonds is 5. The van der Waals surface area contributed by atoms with Gasteiger partial charge in [0, 0.05) is 12.6 Å². The van der Waals surface area contributed by atoms with Crippen molar-refractivity contribution in [1.29, 1.82) is 0 Å². The van der Waals surface area contributed by atoms with Crippen molar-refractivity contribution in [2.24, 2.45) is 35.1 Å². The van der Waals surface area contributed by atoms with Gasteiger partial charge in [0.25, 0.3) is 0 Å². The van der Waals surface area contributed by atoms with E-state index in [-0.39, 0.29) is 24.4 Å². The molecule has 0 saturated heterocycles. The van der Waals surface area contributed by atoms with Crippen molar-refractivity contribution in [3.05, 3.63) is 0 Å². The summed E-state index contributed by atoms with van der Waals surface area (Å²) in [5.74, 6) is 0.705. The molecule has 4 N–H and O–H groups in total. The molecule has 0 aromatic heterocycles. The lowest BCUT2D eigenvalue weighted by Gasteiger charge is -2.33. The topological polar surface area (TPSA) is 89.4 Å². The Bertz CT molecular complexity index is 368. The summed E-state index contributed by atoms with van der Waals surface area (Å²) >= 11 is 0. The van der Waals surface area contributed by atoms with E-state index in [1.807, 2.05) is 13.8 Å². The number of carbonyl (C=O) groups excluding carboxylic acids is 2. The Kier molecular flexibility index (Phi) is 4.13. The Morgan fingerprint density at radius 3 is 2.37 bits per heavy atom. The van der Waals surface area contributed by atoms with Gasteiger partial charge in [0.2, 0.25) is 11.8 Å². The Hall–Kier alpha value is -1.10. The van der Waals surface area contributed by atoms with E-state index >= 15 is 0 Å². The molecule has 0 radical (unpaired) electrons. The fourth-order valence-electron chi connectivity index (χ4n) is 3.77. The summed E-state index contributed by atoms with van der Waals surface area (Å²) < 4.78 is 0. The van der Waals surface area contributed by atoms with E-state index in [2.05, 4.69) is 0 Å². The molecule has 4 atom stereocenters. The Balaban J connectivity index is 2.08. The van der Waals surface area contributed by atoms with E-state index in [0.29, 0.717) is 24.3 Å². The van der Waals surface area contributed by atoms with Gasteiger partial charge in [-0.05, 0) is 37.0 Å². The highest BCUT2D eigenvalue weighted by Crippen LogP contribution is 2.48. The summed E-state index contributed by atoms with van der Waals surface area (Å²) in [6.07, 6.45) is 3.32. The van der Waals surface area contributed by atoms with Crippen molar-refractivity contribution in [2.75, 3.05) is 13.1 Å². The molecule has 5 heteroatoms. The first-order valence-electron chi connectivity index (χ1n) is 7.22. The van der Waals surface area contributed by atoms with Crippen LogP contribution in [0.15, 0.2) is 0 Å². The van der Waals surface area contributed by atoms with Crippen molar-refractivity contribution in [1.82, 2.24) is 4.90 Å². The quantitative estimate of drug-likeness (QED) is 0.752. The molecule has 2 aliphatic carbocycles. The normalized spacial score (nSPS) is 32.8. The maximum Gasteiger partial charge on any atom is 0.237 e. The molecule has 4 unspecified atom stereocenters. The molecule has 2 aliphatic rings. The summed E-state index contributed by atoms with van der Waals surface area (Å²) in [5.41, 5.74) is 11.5. The van der Waals surface area contributed by atoms with Crippen LogP contribution in [0.5, 0.6) is 0 Å². The van der Waals surface area contributed by atoms with Crippen molar-refractivity contribution in [2.45, 2.75) is 39.2 Å². The molecular weight excluding hydrogens is 242 g/mol. The number of hydrogen-bond acceptors (Lipinski definition) is 3. The van der Waals surface area contributed by atoms with Crippen molar-refractivity contribution in [3.8, 4) is 0 Å². The highest BCUT2D eigenvalue weighted by molar-refractivity contribution is 5.86. The van der Waals surface area contributed by atoms with Gasteiger partial charge in [0.15, 0.2) is 0 Å². The maximum absolute atomic E-state index is 12.7. The minimum Gasteiger partial charge on any atom is -0.368 e. The zero-order valence-electron chi connectivity index (χ0n) is 11.8. The van der Waals surface area contributed by atoms with Crippen LogP contribution in [0.2, 0.25) is 0 Å². The average molecular weight is 267 g/mol. The molecule has 0 spiro atoms. The van der Waals surface area contributed by atoms with Gasteiger partial charge in [-0.2, -0.15) is 0 Å². The van der Waals surface area contributed by atoms with Crippen molar-refractivity contribution >= 4 is 11.8 Å². The molecule has 2 rings (SSSR count). The van der Waals surface area contributed by atoms with Crippen molar-refractivity contribution in [3.63, 3.8) is 0 Å². The fraction of sp³-hybridized carbons (Fsp3) is 0.857. The smallest absolute Gasteiger partial charge is 0.237 e. The number of carbonyl (C=O) groups is 2. The second-order valence-corrected chi connectivity index (χ2v) is 6.52. The molecule has 2 bridgehead atoms. The van der Waals surface area contributed by atoms with E-state index < -0.39 is 5.91 Å². The highest BCUT2D eigenvalue weighted by atomic mass is 16.2. The standard InChI is InChI=1S/C14H25N3O2/c1-8(2)6-17(7-11(15)18)14(19)12-9-3-4-10(5-9)13(12)16/h8-10,12-13H,3-7,16H2,1-2H3,(H2,15,18). The number of hydrogen-bond donors (Lipinski definition) is 2. The molecule has 0 aromatic carbocycles. The van der Waals surface area contributed by atoms with Crippen LogP contribution in [0.4, 0.5) is 0 Å². The first-order valence-corrected chi connectivity index (χ1v) is 7.22. The predicted octanol–water partition coefficient (Wildman–Crippen LogP) is 0.330. The van der Waals surface area contributed by atoms with Crippen LogP contribution in [0.25, 0.3) is 0 Å². The van der Waals surface area contributed by atoms with Crippen LogP contribution in [-0.2, 0) is 9.59 Å². The van der Waals surface area contributed by atoms with E-state index in [0.717, 1.165) is 19.3 Å². The van der Waals surface area contributed by atoms with Gasteiger partial charge >= 0.3 is 0 Å². The lowest BCUT2D eigenvalue weighted by Crippen LogP contribution is -2.50. The Morgan fingerprint density at radius 2 is 1.89 bits per heavy atom. The first-order chi connectivity index (χ1) is 8.90. The van der Waals surface area contributed by atoms with Gasteiger partial charge in [-0.3, -0.25) is 9.59 Å². The summed E-state index contributed by atoms with van der Waals surface area (Å²) in [4.78, 5) is 25.4. The molecule has 2 fully saturated rings. The lowest BCUT2D eigenvalue weighted by molar-refractivity contribution is -0.141. The number of amides is 2. The van der Waals surface area contributed by atoms with E-state index in [4.69, 9.17) is 11.5 Å². The molecule has 5 nitrogen and oxygen atoms in total. The molecule has 2 saturated carbocycles. The number of nitrogens with zero attached hydrogens (tertiary/aromatic N) is 1. The second kappa shape index (κ2) is 5.49. The summed E-state index contributed by atoms with van der Waals surface area (Å²) in [6, 6.07) is -0.0335. The zero-order chi connectivity index (χ0) is 14.2. The third kappa shape index (κ3) is 2.91. The van der Waals surface area contributed by atoms with E-state index in [1.54, 1.807) is 4.90 Å². The molecule has 19 heavy (non-hydrogen) atoms.